The van der Waals surface area contributed by atoms with Crippen molar-refractivity contribution in [1.82, 2.24) is 0 Å². The Labute approximate surface area is 119 Å². The molecule has 1 amide bonds. The molecule has 0 aliphatic carbocycles. The number of nitrogens with one attached hydrogen (secondary N) is 1. The maximum Gasteiger partial charge on any atom is 0.258 e. The van der Waals surface area contributed by atoms with Crippen LogP contribution in [0.1, 0.15) is 10.4 Å². The summed E-state index contributed by atoms with van der Waals surface area (Å²) >= 11 is 11.7. The first-order chi connectivity index (χ1) is 8.97. The highest BCUT2D eigenvalue weighted by Crippen LogP contribution is 2.26. The van der Waals surface area contributed by atoms with Crippen molar-refractivity contribution in [1.29, 1.82) is 0 Å². The van der Waals surface area contributed by atoms with Crippen molar-refractivity contribution in [2.45, 2.75) is 0 Å². The molecule has 0 bridgehead atoms. The molecule has 0 atom stereocenters. The zero-order valence-electron chi connectivity index (χ0n) is 9.58. The summed E-state index contributed by atoms with van der Waals surface area (Å²) in [5.41, 5.74) is 5.85. The molecule has 0 saturated heterocycles. The summed E-state index contributed by atoms with van der Waals surface area (Å²) in [6.45, 7) is 0. The Balaban J connectivity index is 2.28. The second-order valence-electron chi connectivity index (χ2n) is 3.82. The number of anilines is 2. The lowest BCUT2D eigenvalue weighted by molar-refractivity contribution is 0.102. The third-order valence-corrected chi connectivity index (χ3v) is 2.98. The second kappa shape index (κ2) is 5.47. The van der Waals surface area contributed by atoms with E-state index in [1.807, 2.05) is 0 Å². The SMILES string of the molecule is Nc1ccc(C(=O)Nc2cc(Cl)ccc2Cl)c(F)c1. The number of carbonyl (C=O) groups excluding carboxylic acids is 1. The fourth-order valence-electron chi connectivity index (χ4n) is 1.50. The van der Waals surface area contributed by atoms with Gasteiger partial charge in [-0.25, -0.2) is 4.39 Å². The first-order valence-corrected chi connectivity index (χ1v) is 6.04. The van der Waals surface area contributed by atoms with Gasteiger partial charge in [-0.1, -0.05) is 23.2 Å². The number of benzene rings is 2. The van der Waals surface area contributed by atoms with Gasteiger partial charge in [-0.05, 0) is 36.4 Å². The van der Waals surface area contributed by atoms with Gasteiger partial charge in [-0.3, -0.25) is 4.79 Å². The van der Waals surface area contributed by atoms with E-state index in [4.69, 9.17) is 28.9 Å². The summed E-state index contributed by atoms with van der Waals surface area (Å²) < 4.78 is 13.6. The lowest BCUT2D eigenvalue weighted by Crippen LogP contribution is -2.14. The summed E-state index contributed by atoms with van der Waals surface area (Å²) in [6, 6.07) is 8.43. The summed E-state index contributed by atoms with van der Waals surface area (Å²) in [4.78, 5) is 11.9. The molecule has 98 valence electrons. The van der Waals surface area contributed by atoms with Crippen LogP contribution in [0.3, 0.4) is 0 Å². The fourth-order valence-corrected chi connectivity index (χ4v) is 1.84. The normalized spacial score (nSPS) is 10.3. The number of nitrogens with two attached hydrogens (primary N) is 1. The predicted molar refractivity (Wildman–Crippen MR) is 75.2 cm³/mol. The Morgan fingerprint density at radius 2 is 1.89 bits per heavy atom. The van der Waals surface area contributed by atoms with Crippen LogP contribution in [0.5, 0.6) is 0 Å². The van der Waals surface area contributed by atoms with Crippen molar-refractivity contribution in [3.05, 3.63) is 57.8 Å². The topological polar surface area (TPSA) is 55.1 Å². The Bertz CT molecular complexity index is 647. The number of hydrogen-bond donors (Lipinski definition) is 2. The van der Waals surface area contributed by atoms with E-state index in [1.165, 1.54) is 18.2 Å². The lowest BCUT2D eigenvalue weighted by atomic mass is 10.1. The van der Waals surface area contributed by atoms with Crippen LogP contribution in [0.15, 0.2) is 36.4 Å². The van der Waals surface area contributed by atoms with Crippen molar-refractivity contribution < 1.29 is 9.18 Å². The Morgan fingerprint density at radius 3 is 2.58 bits per heavy atom. The molecule has 0 aromatic heterocycles. The van der Waals surface area contributed by atoms with Gasteiger partial charge in [0.15, 0.2) is 0 Å². The molecule has 0 aliphatic heterocycles. The molecular formula is C13H9Cl2FN2O. The molecule has 0 saturated carbocycles. The molecule has 0 radical (unpaired) electrons. The number of hydrogen-bond acceptors (Lipinski definition) is 2. The van der Waals surface area contributed by atoms with Crippen molar-refractivity contribution in [2.24, 2.45) is 0 Å². The summed E-state index contributed by atoms with van der Waals surface area (Å²) in [7, 11) is 0. The van der Waals surface area contributed by atoms with Gasteiger partial charge >= 0.3 is 0 Å². The molecule has 3 N–H and O–H groups in total. The largest absolute Gasteiger partial charge is 0.399 e. The van der Waals surface area contributed by atoms with Crippen LogP contribution in [-0.2, 0) is 0 Å². The monoisotopic (exact) mass is 298 g/mol. The second-order valence-corrected chi connectivity index (χ2v) is 4.66. The van der Waals surface area contributed by atoms with E-state index < -0.39 is 11.7 Å². The van der Waals surface area contributed by atoms with E-state index in [9.17, 15) is 9.18 Å². The van der Waals surface area contributed by atoms with Gasteiger partial charge in [0.05, 0.1) is 16.3 Å². The maximum atomic E-state index is 13.6. The highest BCUT2D eigenvalue weighted by molar-refractivity contribution is 6.35. The third-order valence-electron chi connectivity index (χ3n) is 2.41. The van der Waals surface area contributed by atoms with Gasteiger partial charge in [0.1, 0.15) is 5.82 Å². The quantitative estimate of drug-likeness (QED) is 0.824. The summed E-state index contributed by atoms with van der Waals surface area (Å²) in [5.74, 6) is -1.32. The van der Waals surface area contributed by atoms with Crippen LogP contribution in [0, 0.1) is 5.82 Å². The van der Waals surface area contributed by atoms with Gasteiger partial charge in [0, 0.05) is 10.7 Å². The summed E-state index contributed by atoms with van der Waals surface area (Å²) in [6.07, 6.45) is 0. The van der Waals surface area contributed by atoms with Crippen LogP contribution in [0.2, 0.25) is 10.0 Å². The predicted octanol–water partition coefficient (Wildman–Crippen LogP) is 3.97. The zero-order chi connectivity index (χ0) is 14.0. The number of amides is 1. The highest BCUT2D eigenvalue weighted by atomic mass is 35.5. The minimum atomic E-state index is -0.698. The van der Waals surface area contributed by atoms with Crippen molar-refractivity contribution in [3.63, 3.8) is 0 Å². The van der Waals surface area contributed by atoms with Crippen molar-refractivity contribution in [3.8, 4) is 0 Å². The van der Waals surface area contributed by atoms with E-state index in [2.05, 4.69) is 5.32 Å². The molecule has 6 heteroatoms. The molecule has 19 heavy (non-hydrogen) atoms. The lowest BCUT2D eigenvalue weighted by Gasteiger charge is -2.08. The number of nitrogen functional groups attached to an aromatic ring is 1. The smallest absolute Gasteiger partial charge is 0.258 e. The van der Waals surface area contributed by atoms with Gasteiger partial charge in [-0.2, -0.15) is 0 Å². The fraction of sp³-hybridized carbons (Fsp3) is 0. The molecule has 3 nitrogen and oxygen atoms in total. The van der Waals surface area contributed by atoms with Crippen LogP contribution >= 0.6 is 23.2 Å². The first-order valence-electron chi connectivity index (χ1n) is 5.29. The van der Waals surface area contributed by atoms with Crippen LogP contribution in [-0.4, -0.2) is 5.91 Å². The minimum Gasteiger partial charge on any atom is -0.399 e. The number of halogens is 3. The molecule has 2 aromatic rings. The van der Waals surface area contributed by atoms with E-state index in [1.54, 1.807) is 12.1 Å². The van der Waals surface area contributed by atoms with Crippen LogP contribution in [0.25, 0.3) is 0 Å². The molecule has 2 aromatic carbocycles. The minimum absolute atomic E-state index is 0.120. The van der Waals surface area contributed by atoms with E-state index >= 15 is 0 Å². The average molecular weight is 299 g/mol. The zero-order valence-corrected chi connectivity index (χ0v) is 11.1. The maximum absolute atomic E-state index is 13.6. The van der Waals surface area contributed by atoms with Crippen molar-refractivity contribution in [2.75, 3.05) is 11.1 Å². The molecule has 0 fully saturated rings. The number of carbonyl (C=O) groups is 1. The summed E-state index contributed by atoms with van der Waals surface area (Å²) in [5, 5.41) is 3.22. The van der Waals surface area contributed by atoms with Gasteiger partial charge in [0.25, 0.3) is 5.91 Å². The van der Waals surface area contributed by atoms with Crippen LogP contribution in [0.4, 0.5) is 15.8 Å². The van der Waals surface area contributed by atoms with E-state index in [-0.39, 0.29) is 11.3 Å². The van der Waals surface area contributed by atoms with E-state index in [0.29, 0.717) is 15.7 Å². The Morgan fingerprint density at radius 1 is 1.16 bits per heavy atom. The van der Waals surface area contributed by atoms with Gasteiger partial charge in [-0.15, -0.1) is 0 Å². The van der Waals surface area contributed by atoms with Crippen molar-refractivity contribution >= 4 is 40.5 Å². The highest BCUT2D eigenvalue weighted by Gasteiger charge is 2.13. The average Bonchev–Trinajstić information content (AvgIpc) is 2.33. The third kappa shape index (κ3) is 3.16. The molecule has 0 heterocycles. The Hall–Kier alpha value is -1.78. The molecule has 0 spiro atoms. The Kier molecular flexibility index (Phi) is 3.93. The number of rotatable bonds is 2. The van der Waals surface area contributed by atoms with Crippen LogP contribution < -0.4 is 11.1 Å². The molecular weight excluding hydrogens is 290 g/mol. The molecule has 2 rings (SSSR count). The standard InChI is InChI=1S/C13H9Cl2FN2O/c14-7-1-4-10(15)12(5-7)18-13(19)9-3-2-8(17)6-11(9)16/h1-6H,17H2,(H,18,19). The first kappa shape index (κ1) is 13.6. The molecule has 0 aliphatic rings. The van der Waals surface area contributed by atoms with E-state index in [0.717, 1.165) is 6.07 Å². The van der Waals surface area contributed by atoms with Gasteiger partial charge in [0.2, 0.25) is 0 Å². The molecule has 0 unspecified atom stereocenters. The van der Waals surface area contributed by atoms with Gasteiger partial charge < -0.3 is 11.1 Å².